The fourth-order valence-corrected chi connectivity index (χ4v) is 2.11. The van der Waals surface area contributed by atoms with Crippen molar-refractivity contribution < 1.29 is 9.53 Å². The minimum atomic E-state index is -0.0266. The molecule has 2 rings (SSSR count). The van der Waals surface area contributed by atoms with Gasteiger partial charge >= 0.3 is 0 Å². The summed E-state index contributed by atoms with van der Waals surface area (Å²) in [4.78, 5) is 11.1. The number of rotatable bonds is 2. The maximum absolute atomic E-state index is 11.1. The van der Waals surface area contributed by atoms with E-state index < -0.39 is 0 Å². The Balaban J connectivity index is 1.99. The average molecular weight is 270 g/mol. The zero-order chi connectivity index (χ0) is 10.7. The van der Waals surface area contributed by atoms with E-state index in [0.29, 0.717) is 6.61 Å². The van der Waals surface area contributed by atoms with Crippen molar-refractivity contribution in [1.29, 1.82) is 0 Å². The lowest BCUT2D eigenvalue weighted by Crippen LogP contribution is -2.46. The second-order valence-corrected chi connectivity index (χ2v) is 4.53. The Morgan fingerprint density at radius 1 is 1.53 bits per heavy atom. The molecule has 0 aromatic heterocycles. The molecule has 80 valence electrons. The fourth-order valence-electron chi connectivity index (χ4n) is 1.66. The molecule has 1 aromatic rings. The molecule has 1 amide bonds. The van der Waals surface area contributed by atoms with Crippen molar-refractivity contribution in [2.24, 2.45) is 0 Å². The average Bonchev–Trinajstić information content (AvgIpc) is 2.17. The van der Waals surface area contributed by atoms with Gasteiger partial charge in [0.25, 0.3) is 0 Å². The van der Waals surface area contributed by atoms with E-state index in [1.165, 1.54) is 5.56 Å². The molecule has 1 N–H and O–H groups in total. The van der Waals surface area contributed by atoms with Crippen LogP contribution in [-0.2, 0) is 16.0 Å². The summed E-state index contributed by atoms with van der Waals surface area (Å²) < 4.78 is 6.23. The molecule has 0 radical (unpaired) electrons. The number of carbonyl (C=O) groups is 1. The van der Waals surface area contributed by atoms with E-state index in [9.17, 15) is 4.79 Å². The number of carbonyl (C=O) groups excluding carboxylic acids is 1. The van der Waals surface area contributed by atoms with Crippen molar-refractivity contribution in [2.45, 2.75) is 12.5 Å². The Hall–Kier alpha value is -0.870. The third-order valence-corrected chi connectivity index (χ3v) is 2.78. The first-order valence-electron chi connectivity index (χ1n) is 4.85. The Bertz CT molecular complexity index is 367. The molecule has 0 saturated carbocycles. The summed E-state index contributed by atoms with van der Waals surface area (Å²) in [5.41, 5.74) is 1.19. The van der Waals surface area contributed by atoms with E-state index >= 15 is 0 Å². The quantitative estimate of drug-likeness (QED) is 0.884. The Morgan fingerprint density at radius 3 is 3.13 bits per heavy atom. The Kier molecular flexibility index (Phi) is 3.38. The first-order valence-corrected chi connectivity index (χ1v) is 5.65. The number of morpholine rings is 1. The molecule has 1 aliphatic rings. The van der Waals surface area contributed by atoms with Crippen LogP contribution in [0.3, 0.4) is 0 Å². The van der Waals surface area contributed by atoms with Crippen LogP contribution >= 0.6 is 15.9 Å². The zero-order valence-electron chi connectivity index (χ0n) is 8.20. The molecule has 1 unspecified atom stereocenters. The highest BCUT2D eigenvalue weighted by atomic mass is 79.9. The van der Waals surface area contributed by atoms with Gasteiger partial charge in [-0.05, 0) is 24.1 Å². The number of amides is 1. The predicted octanol–water partition coefficient (Wildman–Crippen LogP) is 1.51. The van der Waals surface area contributed by atoms with Crippen molar-refractivity contribution >= 4 is 21.8 Å². The summed E-state index contributed by atoms with van der Waals surface area (Å²) in [6, 6.07) is 8.18. The molecule has 0 spiro atoms. The second kappa shape index (κ2) is 4.77. The van der Waals surface area contributed by atoms with E-state index in [-0.39, 0.29) is 18.6 Å². The van der Waals surface area contributed by atoms with Gasteiger partial charge in [-0.2, -0.15) is 0 Å². The smallest absolute Gasteiger partial charge is 0.246 e. The summed E-state index contributed by atoms with van der Waals surface area (Å²) >= 11 is 3.42. The molecule has 1 heterocycles. The lowest BCUT2D eigenvalue weighted by molar-refractivity contribution is -0.131. The van der Waals surface area contributed by atoms with Gasteiger partial charge in [0, 0.05) is 4.47 Å². The zero-order valence-corrected chi connectivity index (χ0v) is 9.79. The van der Waals surface area contributed by atoms with Gasteiger partial charge < -0.3 is 10.1 Å². The highest BCUT2D eigenvalue weighted by molar-refractivity contribution is 9.10. The van der Waals surface area contributed by atoms with Crippen LogP contribution in [0.5, 0.6) is 0 Å². The summed E-state index contributed by atoms with van der Waals surface area (Å²) in [6.07, 6.45) is 0.811. The van der Waals surface area contributed by atoms with Crippen LogP contribution in [-0.4, -0.2) is 25.2 Å². The lowest BCUT2D eigenvalue weighted by Gasteiger charge is -2.23. The normalized spacial score (nSPS) is 21.1. The van der Waals surface area contributed by atoms with E-state index in [2.05, 4.69) is 27.3 Å². The number of hydrogen-bond acceptors (Lipinski definition) is 2. The van der Waals surface area contributed by atoms with Gasteiger partial charge in [-0.3, -0.25) is 4.79 Å². The number of benzene rings is 1. The van der Waals surface area contributed by atoms with Gasteiger partial charge in [-0.15, -0.1) is 0 Å². The van der Waals surface area contributed by atoms with Gasteiger partial charge in [0.2, 0.25) is 5.91 Å². The van der Waals surface area contributed by atoms with E-state index in [1.807, 2.05) is 18.2 Å². The number of nitrogens with one attached hydrogen (secondary N) is 1. The Morgan fingerprint density at radius 2 is 2.40 bits per heavy atom. The highest BCUT2D eigenvalue weighted by Crippen LogP contribution is 2.13. The standard InChI is InChI=1S/C11H12BrNO2/c12-9-3-1-2-8(4-9)5-10-6-15-7-11(14)13-10/h1-4,10H,5-7H2,(H,13,14). The number of ether oxygens (including phenoxy) is 1. The van der Waals surface area contributed by atoms with Gasteiger partial charge in [0.05, 0.1) is 12.6 Å². The van der Waals surface area contributed by atoms with Crippen LogP contribution in [0.4, 0.5) is 0 Å². The van der Waals surface area contributed by atoms with Crippen molar-refractivity contribution in [3.05, 3.63) is 34.3 Å². The van der Waals surface area contributed by atoms with E-state index in [1.54, 1.807) is 0 Å². The molecule has 0 bridgehead atoms. The molecule has 1 fully saturated rings. The maximum Gasteiger partial charge on any atom is 0.246 e. The summed E-state index contributed by atoms with van der Waals surface area (Å²) in [6.45, 7) is 0.785. The van der Waals surface area contributed by atoms with Gasteiger partial charge in [0.15, 0.2) is 0 Å². The first-order chi connectivity index (χ1) is 7.24. The molecule has 1 aromatic carbocycles. The van der Waals surface area contributed by atoms with Crippen LogP contribution in [0.15, 0.2) is 28.7 Å². The van der Waals surface area contributed by atoms with Gasteiger partial charge in [0.1, 0.15) is 6.61 Å². The summed E-state index contributed by atoms with van der Waals surface area (Å²) in [7, 11) is 0. The van der Waals surface area contributed by atoms with Gasteiger partial charge in [-0.1, -0.05) is 28.1 Å². The van der Waals surface area contributed by atoms with E-state index in [0.717, 1.165) is 10.9 Å². The van der Waals surface area contributed by atoms with Crippen LogP contribution in [0.2, 0.25) is 0 Å². The van der Waals surface area contributed by atoms with Gasteiger partial charge in [-0.25, -0.2) is 0 Å². The molecule has 1 atom stereocenters. The minimum Gasteiger partial charge on any atom is -0.369 e. The monoisotopic (exact) mass is 269 g/mol. The third kappa shape index (κ3) is 3.04. The molecule has 3 nitrogen and oxygen atoms in total. The fraction of sp³-hybridized carbons (Fsp3) is 0.364. The largest absolute Gasteiger partial charge is 0.369 e. The predicted molar refractivity (Wildman–Crippen MR) is 60.6 cm³/mol. The topological polar surface area (TPSA) is 38.3 Å². The number of hydrogen-bond donors (Lipinski definition) is 1. The van der Waals surface area contributed by atoms with Crippen LogP contribution < -0.4 is 5.32 Å². The molecule has 0 aliphatic carbocycles. The lowest BCUT2D eigenvalue weighted by atomic mass is 10.1. The highest BCUT2D eigenvalue weighted by Gasteiger charge is 2.18. The second-order valence-electron chi connectivity index (χ2n) is 3.61. The molecule has 4 heteroatoms. The molecule has 1 aliphatic heterocycles. The Labute approximate surface area is 96.9 Å². The molecule has 15 heavy (non-hydrogen) atoms. The first kappa shape index (κ1) is 10.6. The molecular formula is C11H12BrNO2. The summed E-state index contributed by atoms with van der Waals surface area (Å²) in [5, 5.41) is 2.91. The van der Waals surface area contributed by atoms with Crippen molar-refractivity contribution in [3.63, 3.8) is 0 Å². The maximum atomic E-state index is 11.1. The SMILES string of the molecule is O=C1COCC(Cc2cccc(Br)c2)N1. The minimum absolute atomic E-state index is 0.0266. The van der Waals surface area contributed by atoms with Crippen LogP contribution in [0.25, 0.3) is 0 Å². The molecular weight excluding hydrogens is 258 g/mol. The summed E-state index contributed by atoms with van der Waals surface area (Å²) in [5.74, 6) is -0.0266. The van der Waals surface area contributed by atoms with Crippen molar-refractivity contribution in [3.8, 4) is 0 Å². The van der Waals surface area contributed by atoms with Crippen LogP contribution in [0, 0.1) is 0 Å². The van der Waals surface area contributed by atoms with E-state index in [4.69, 9.17) is 4.74 Å². The van der Waals surface area contributed by atoms with Crippen molar-refractivity contribution in [1.82, 2.24) is 5.32 Å². The van der Waals surface area contributed by atoms with Crippen molar-refractivity contribution in [2.75, 3.05) is 13.2 Å². The molecule has 1 saturated heterocycles. The third-order valence-electron chi connectivity index (χ3n) is 2.29. The van der Waals surface area contributed by atoms with Crippen LogP contribution in [0.1, 0.15) is 5.56 Å². The number of halogens is 1.